The Morgan fingerprint density at radius 2 is 1.94 bits per heavy atom. The molecule has 1 rings (SSSR count). The number of carbonyl (C=O) groups is 1. The summed E-state index contributed by atoms with van der Waals surface area (Å²) < 4.78 is 0. The fourth-order valence-corrected chi connectivity index (χ4v) is 1.50. The fraction of sp³-hybridized carbons (Fsp3) is 0.417. The Hall–Kier alpha value is -1.42. The van der Waals surface area contributed by atoms with Gasteiger partial charge < -0.3 is 16.4 Å². The van der Waals surface area contributed by atoms with E-state index in [0.717, 1.165) is 5.56 Å². The Bertz CT molecular complexity index is 438. The van der Waals surface area contributed by atoms with Gasteiger partial charge in [-0.3, -0.25) is 0 Å². The summed E-state index contributed by atoms with van der Waals surface area (Å²) in [7, 11) is 0. The van der Waals surface area contributed by atoms with E-state index in [2.05, 4.69) is 10.6 Å². The molecule has 1 aromatic carbocycles. The van der Waals surface area contributed by atoms with E-state index < -0.39 is 0 Å². The van der Waals surface area contributed by atoms with Gasteiger partial charge in [0, 0.05) is 11.2 Å². The quantitative estimate of drug-likeness (QED) is 0.675. The van der Waals surface area contributed by atoms with Crippen LogP contribution in [0.15, 0.2) is 12.1 Å². The van der Waals surface area contributed by atoms with Crippen LogP contribution in [0.5, 0.6) is 0 Å². The number of carbonyl (C=O) groups excluding carboxylic acids is 1. The van der Waals surface area contributed by atoms with E-state index in [1.54, 1.807) is 12.1 Å². The molecular formula is C12H18ClN3O. The second-order valence-electron chi connectivity index (χ2n) is 5.02. The van der Waals surface area contributed by atoms with Crippen molar-refractivity contribution in [2.24, 2.45) is 0 Å². The molecule has 0 atom stereocenters. The Kier molecular flexibility index (Phi) is 3.88. The molecule has 4 N–H and O–H groups in total. The first-order valence-corrected chi connectivity index (χ1v) is 5.71. The molecule has 0 saturated carbocycles. The lowest BCUT2D eigenvalue weighted by molar-refractivity contribution is 0.244. The molecule has 1 aromatic rings. The van der Waals surface area contributed by atoms with Gasteiger partial charge in [-0.15, -0.1) is 0 Å². The van der Waals surface area contributed by atoms with Crippen LogP contribution in [0, 0.1) is 6.92 Å². The zero-order valence-electron chi connectivity index (χ0n) is 10.5. The minimum Gasteiger partial charge on any atom is -0.398 e. The summed E-state index contributed by atoms with van der Waals surface area (Å²) in [4.78, 5) is 11.7. The molecule has 4 nitrogen and oxygen atoms in total. The smallest absolute Gasteiger partial charge is 0.319 e. The van der Waals surface area contributed by atoms with E-state index in [1.165, 1.54) is 0 Å². The van der Waals surface area contributed by atoms with Gasteiger partial charge in [-0.05, 0) is 45.4 Å². The summed E-state index contributed by atoms with van der Waals surface area (Å²) in [6.45, 7) is 7.60. The molecule has 0 aromatic heterocycles. The molecule has 0 aliphatic carbocycles. The van der Waals surface area contributed by atoms with Crippen molar-refractivity contribution in [1.82, 2.24) is 5.32 Å². The highest BCUT2D eigenvalue weighted by Crippen LogP contribution is 2.26. The third-order valence-electron chi connectivity index (χ3n) is 2.08. The number of benzene rings is 1. The molecule has 17 heavy (non-hydrogen) atoms. The molecule has 0 bridgehead atoms. The van der Waals surface area contributed by atoms with Gasteiger partial charge in [0.1, 0.15) is 0 Å². The Morgan fingerprint density at radius 1 is 1.35 bits per heavy atom. The normalized spacial score (nSPS) is 11.1. The van der Waals surface area contributed by atoms with Crippen molar-refractivity contribution < 1.29 is 4.79 Å². The van der Waals surface area contributed by atoms with Crippen LogP contribution in [0.1, 0.15) is 26.3 Å². The minimum atomic E-state index is -0.282. The highest BCUT2D eigenvalue weighted by Gasteiger charge is 2.14. The lowest BCUT2D eigenvalue weighted by atomic mass is 10.1. The maximum atomic E-state index is 11.7. The third-order valence-corrected chi connectivity index (χ3v) is 2.41. The van der Waals surface area contributed by atoms with E-state index in [9.17, 15) is 4.79 Å². The molecular weight excluding hydrogens is 238 g/mol. The van der Waals surface area contributed by atoms with Crippen LogP contribution < -0.4 is 16.4 Å². The summed E-state index contributed by atoms with van der Waals surface area (Å²) in [6.07, 6.45) is 0. The zero-order valence-corrected chi connectivity index (χ0v) is 11.3. The van der Waals surface area contributed by atoms with Crippen molar-refractivity contribution in [2.75, 3.05) is 11.1 Å². The van der Waals surface area contributed by atoms with Crippen LogP contribution in [0.2, 0.25) is 5.02 Å². The first-order chi connectivity index (χ1) is 7.69. The number of nitrogens with two attached hydrogens (primary N) is 1. The van der Waals surface area contributed by atoms with Crippen LogP contribution >= 0.6 is 11.6 Å². The van der Waals surface area contributed by atoms with Gasteiger partial charge in [-0.25, -0.2) is 4.79 Å². The summed E-state index contributed by atoms with van der Waals surface area (Å²) >= 11 is 5.91. The lowest BCUT2D eigenvalue weighted by Crippen LogP contribution is -2.43. The molecule has 0 heterocycles. The summed E-state index contributed by atoms with van der Waals surface area (Å²) in [5.41, 5.74) is 7.41. The van der Waals surface area contributed by atoms with E-state index in [-0.39, 0.29) is 11.6 Å². The maximum absolute atomic E-state index is 11.7. The summed E-state index contributed by atoms with van der Waals surface area (Å²) in [6, 6.07) is 3.12. The van der Waals surface area contributed by atoms with Crippen molar-refractivity contribution in [1.29, 1.82) is 0 Å². The second-order valence-corrected chi connectivity index (χ2v) is 5.42. The number of hydrogen-bond acceptors (Lipinski definition) is 2. The number of hydrogen-bond donors (Lipinski definition) is 3. The SMILES string of the molecule is Cc1cc(N)c(Cl)cc1NC(=O)NC(C)(C)C. The van der Waals surface area contributed by atoms with Crippen molar-refractivity contribution in [2.45, 2.75) is 33.2 Å². The Morgan fingerprint density at radius 3 is 2.47 bits per heavy atom. The predicted molar refractivity (Wildman–Crippen MR) is 72.5 cm³/mol. The fourth-order valence-electron chi connectivity index (χ4n) is 1.33. The average molecular weight is 256 g/mol. The van der Waals surface area contributed by atoms with Crippen LogP contribution in [0.4, 0.5) is 16.2 Å². The minimum absolute atomic E-state index is 0.263. The molecule has 5 heteroatoms. The molecule has 0 fully saturated rings. The standard InChI is InChI=1S/C12H18ClN3O/c1-7-5-9(14)8(13)6-10(7)15-11(17)16-12(2,3)4/h5-6H,14H2,1-4H3,(H2,15,16,17). The monoisotopic (exact) mass is 255 g/mol. The maximum Gasteiger partial charge on any atom is 0.319 e. The molecule has 0 spiro atoms. The van der Waals surface area contributed by atoms with Gasteiger partial charge in [0.2, 0.25) is 0 Å². The van der Waals surface area contributed by atoms with Gasteiger partial charge in [0.25, 0.3) is 0 Å². The van der Waals surface area contributed by atoms with Crippen LogP contribution in [-0.4, -0.2) is 11.6 Å². The molecule has 2 amide bonds. The van der Waals surface area contributed by atoms with E-state index >= 15 is 0 Å². The third kappa shape index (κ3) is 4.15. The average Bonchev–Trinajstić information content (AvgIpc) is 2.11. The van der Waals surface area contributed by atoms with Gasteiger partial charge in [0.05, 0.1) is 10.7 Å². The first kappa shape index (κ1) is 13.6. The number of nitrogen functional groups attached to an aromatic ring is 1. The topological polar surface area (TPSA) is 67.1 Å². The largest absolute Gasteiger partial charge is 0.398 e. The first-order valence-electron chi connectivity index (χ1n) is 5.34. The molecule has 0 aliphatic heterocycles. The van der Waals surface area contributed by atoms with E-state index in [0.29, 0.717) is 16.4 Å². The Balaban J connectivity index is 2.82. The molecule has 0 radical (unpaired) electrons. The number of nitrogens with one attached hydrogen (secondary N) is 2. The zero-order chi connectivity index (χ0) is 13.2. The van der Waals surface area contributed by atoms with Gasteiger partial charge in [0.15, 0.2) is 0 Å². The van der Waals surface area contributed by atoms with Gasteiger partial charge in [-0.1, -0.05) is 11.6 Å². The van der Waals surface area contributed by atoms with Crippen molar-refractivity contribution >= 4 is 29.0 Å². The number of rotatable bonds is 1. The van der Waals surface area contributed by atoms with Crippen LogP contribution in [-0.2, 0) is 0 Å². The van der Waals surface area contributed by atoms with Crippen molar-refractivity contribution in [3.8, 4) is 0 Å². The number of anilines is 2. The summed E-state index contributed by atoms with van der Waals surface area (Å²) in [5.74, 6) is 0. The molecule has 94 valence electrons. The molecule has 0 saturated heterocycles. The second kappa shape index (κ2) is 4.84. The number of urea groups is 1. The van der Waals surface area contributed by atoms with Crippen molar-refractivity contribution in [3.63, 3.8) is 0 Å². The lowest BCUT2D eigenvalue weighted by Gasteiger charge is -2.21. The van der Waals surface area contributed by atoms with Crippen LogP contribution in [0.25, 0.3) is 0 Å². The number of halogens is 1. The molecule has 0 unspecified atom stereocenters. The predicted octanol–water partition coefficient (Wildman–Crippen LogP) is 3.15. The number of aryl methyl sites for hydroxylation is 1. The van der Waals surface area contributed by atoms with Gasteiger partial charge >= 0.3 is 6.03 Å². The highest BCUT2D eigenvalue weighted by molar-refractivity contribution is 6.33. The van der Waals surface area contributed by atoms with E-state index in [1.807, 2.05) is 27.7 Å². The Labute approximate surface area is 107 Å². The number of amides is 2. The van der Waals surface area contributed by atoms with Gasteiger partial charge in [-0.2, -0.15) is 0 Å². The van der Waals surface area contributed by atoms with Crippen molar-refractivity contribution in [3.05, 3.63) is 22.7 Å². The summed E-state index contributed by atoms with van der Waals surface area (Å²) in [5, 5.41) is 5.98. The highest BCUT2D eigenvalue weighted by atomic mass is 35.5. The van der Waals surface area contributed by atoms with Crippen LogP contribution in [0.3, 0.4) is 0 Å². The molecule has 0 aliphatic rings. The van der Waals surface area contributed by atoms with E-state index in [4.69, 9.17) is 17.3 Å².